The van der Waals surface area contributed by atoms with Gasteiger partial charge in [0.15, 0.2) is 0 Å². The summed E-state index contributed by atoms with van der Waals surface area (Å²) in [6, 6.07) is -0.126. The molecule has 1 atom stereocenters. The van der Waals surface area contributed by atoms with Gasteiger partial charge < -0.3 is 25.1 Å². The molecule has 7 heteroatoms. The second-order valence-electron chi connectivity index (χ2n) is 4.85. The Morgan fingerprint density at radius 3 is 2.67 bits per heavy atom. The number of carbonyl (C=O) groups excluding carboxylic acids is 2. The molecule has 0 radical (unpaired) electrons. The number of hydrogen-bond donors (Lipinski definition) is 2. The molecule has 0 aromatic carbocycles. The van der Waals surface area contributed by atoms with E-state index in [1.165, 1.54) is 4.90 Å². The van der Waals surface area contributed by atoms with Crippen molar-refractivity contribution in [3.8, 4) is 0 Å². The van der Waals surface area contributed by atoms with Gasteiger partial charge in [0, 0.05) is 33.2 Å². The molecule has 7 nitrogen and oxygen atoms in total. The van der Waals surface area contributed by atoms with Crippen molar-refractivity contribution in [1.29, 1.82) is 0 Å². The fraction of sp³-hybridized carbons (Fsp3) is 0.818. The van der Waals surface area contributed by atoms with Gasteiger partial charge in [-0.05, 0) is 14.1 Å². The second-order valence-corrected chi connectivity index (χ2v) is 4.85. The third-order valence-corrected chi connectivity index (χ3v) is 2.75. The lowest BCUT2D eigenvalue weighted by molar-refractivity contribution is -0.122. The van der Waals surface area contributed by atoms with Gasteiger partial charge in [-0.3, -0.25) is 4.79 Å². The second kappa shape index (κ2) is 6.55. The Kier molecular flexibility index (Phi) is 5.36. The molecule has 1 aliphatic rings. The number of likely N-dealkylation sites (N-methyl/N-ethyl adjacent to an activating group) is 2. The molecule has 0 aliphatic carbocycles. The first-order chi connectivity index (χ1) is 8.40. The van der Waals surface area contributed by atoms with E-state index in [-0.39, 0.29) is 25.0 Å². The molecule has 3 amide bonds. The average Bonchev–Trinajstić information content (AvgIpc) is 2.57. The zero-order valence-corrected chi connectivity index (χ0v) is 11.2. The van der Waals surface area contributed by atoms with Crippen molar-refractivity contribution < 1.29 is 14.7 Å². The lowest BCUT2D eigenvalue weighted by atomic mass is 10.3. The van der Waals surface area contributed by atoms with Crippen LogP contribution in [0.15, 0.2) is 0 Å². The van der Waals surface area contributed by atoms with Gasteiger partial charge >= 0.3 is 6.03 Å². The van der Waals surface area contributed by atoms with Crippen LogP contribution < -0.4 is 5.32 Å². The van der Waals surface area contributed by atoms with E-state index in [9.17, 15) is 14.7 Å². The SMILES string of the molecule is CN(C)C[C@H](O)CNC(=O)CN1CCN(C)C1=O. The van der Waals surface area contributed by atoms with E-state index in [2.05, 4.69) is 5.32 Å². The Morgan fingerprint density at radius 2 is 2.17 bits per heavy atom. The molecule has 1 fully saturated rings. The van der Waals surface area contributed by atoms with Gasteiger partial charge in [0.1, 0.15) is 6.54 Å². The minimum absolute atomic E-state index is 0.0534. The van der Waals surface area contributed by atoms with E-state index in [4.69, 9.17) is 0 Å². The summed E-state index contributed by atoms with van der Waals surface area (Å²) in [7, 11) is 5.41. The topological polar surface area (TPSA) is 76.1 Å². The number of rotatable bonds is 6. The number of urea groups is 1. The van der Waals surface area contributed by atoms with Crippen molar-refractivity contribution in [3.63, 3.8) is 0 Å². The van der Waals surface area contributed by atoms with Crippen molar-refractivity contribution in [1.82, 2.24) is 20.0 Å². The van der Waals surface area contributed by atoms with Gasteiger partial charge in [0.25, 0.3) is 0 Å². The average molecular weight is 258 g/mol. The minimum Gasteiger partial charge on any atom is -0.390 e. The highest BCUT2D eigenvalue weighted by atomic mass is 16.3. The molecule has 1 aliphatic heterocycles. The fourth-order valence-corrected chi connectivity index (χ4v) is 1.80. The number of aliphatic hydroxyl groups excluding tert-OH is 1. The third-order valence-electron chi connectivity index (χ3n) is 2.75. The zero-order chi connectivity index (χ0) is 13.7. The number of hydrogen-bond acceptors (Lipinski definition) is 4. The molecule has 0 aromatic heterocycles. The normalized spacial score (nSPS) is 17.5. The molecule has 18 heavy (non-hydrogen) atoms. The van der Waals surface area contributed by atoms with E-state index in [1.54, 1.807) is 11.9 Å². The summed E-state index contributed by atoms with van der Waals surface area (Å²) in [6.07, 6.45) is -0.596. The summed E-state index contributed by atoms with van der Waals surface area (Å²) in [5.41, 5.74) is 0. The Balaban J connectivity index is 2.24. The molecular formula is C11H22N4O3. The van der Waals surface area contributed by atoms with Crippen LogP contribution in [0.1, 0.15) is 0 Å². The lowest BCUT2D eigenvalue weighted by Gasteiger charge is -2.18. The summed E-state index contributed by atoms with van der Waals surface area (Å²) in [6.45, 7) is 1.97. The smallest absolute Gasteiger partial charge is 0.320 e. The molecule has 1 heterocycles. The fourth-order valence-electron chi connectivity index (χ4n) is 1.80. The summed E-state index contributed by atoms with van der Waals surface area (Å²) in [5.74, 6) is -0.239. The maximum absolute atomic E-state index is 11.6. The highest BCUT2D eigenvalue weighted by Gasteiger charge is 2.26. The minimum atomic E-state index is -0.596. The van der Waals surface area contributed by atoms with Crippen LogP contribution in [0.25, 0.3) is 0 Å². The van der Waals surface area contributed by atoms with Crippen LogP contribution in [0.5, 0.6) is 0 Å². The molecule has 0 bridgehead atoms. The number of nitrogens with zero attached hydrogens (tertiary/aromatic N) is 3. The molecule has 2 N–H and O–H groups in total. The van der Waals surface area contributed by atoms with Crippen LogP contribution >= 0.6 is 0 Å². The van der Waals surface area contributed by atoms with Gasteiger partial charge in [0.2, 0.25) is 5.91 Å². The molecule has 0 aromatic rings. The molecule has 1 rings (SSSR count). The third kappa shape index (κ3) is 4.50. The van der Waals surface area contributed by atoms with Crippen molar-refractivity contribution >= 4 is 11.9 Å². The molecule has 104 valence electrons. The van der Waals surface area contributed by atoms with Gasteiger partial charge in [-0.1, -0.05) is 0 Å². The van der Waals surface area contributed by atoms with Crippen molar-refractivity contribution in [2.75, 3.05) is 53.9 Å². The number of aliphatic hydroxyl groups is 1. The predicted molar refractivity (Wildman–Crippen MR) is 67.2 cm³/mol. The van der Waals surface area contributed by atoms with Gasteiger partial charge in [-0.15, -0.1) is 0 Å². The quantitative estimate of drug-likeness (QED) is 0.601. The molecule has 1 saturated heterocycles. The van der Waals surface area contributed by atoms with Crippen molar-refractivity contribution in [3.05, 3.63) is 0 Å². The van der Waals surface area contributed by atoms with E-state index in [1.807, 2.05) is 19.0 Å². The standard InChI is InChI=1S/C11H22N4O3/c1-13(2)7-9(16)6-12-10(17)8-15-5-4-14(3)11(15)18/h9,16H,4-8H2,1-3H3,(H,12,17)/t9-/m1/s1. The number of amides is 3. The van der Waals surface area contributed by atoms with Crippen molar-refractivity contribution in [2.45, 2.75) is 6.10 Å². The van der Waals surface area contributed by atoms with Crippen LogP contribution in [0, 0.1) is 0 Å². The number of carbonyl (C=O) groups is 2. The largest absolute Gasteiger partial charge is 0.390 e. The van der Waals surface area contributed by atoms with Crippen LogP contribution in [-0.4, -0.2) is 91.7 Å². The molecular weight excluding hydrogens is 236 g/mol. The van der Waals surface area contributed by atoms with Gasteiger partial charge in [-0.2, -0.15) is 0 Å². The first kappa shape index (κ1) is 14.7. The Hall–Kier alpha value is -1.34. The highest BCUT2D eigenvalue weighted by molar-refractivity contribution is 5.84. The molecule has 0 saturated carbocycles. The van der Waals surface area contributed by atoms with E-state index < -0.39 is 6.10 Å². The van der Waals surface area contributed by atoms with Crippen LogP contribution in [0.2, 0.25) is 0 Å². The maximum atomic E-state index is 11.6. The Labute approximate surface area is 107 Å². The summed E-state index contributed by atoms with van der Waals surface area (Å²) < 4.78 is 0. The van der Waals surface area contributed by atoms with Crippen molar-refractivity contribution in [2.24, 2.45) is 0 Å². The first-order valence-electron chi connectivity index (χ1n) is 5.99. The Bertz CT molecular complexity index is 309. The first-order valence-corrected chi connectivity index (χ1v) is 5.99. The monoisotopic (exact) mass is 258 g/mol. The van der Waals surface area contributed by atoms with Gasteiger partial charge in [-0.25, -0.2) is 4.79 Å². The molecule has 0 unspecified atom stereocenters. The Morgan fingerprint density at radius 1 is 1.50 bits per heavy atom. The predicted octanol–water partition coefficient (Wildman–Crippen LogP) is -1.61. The summed E-state index contributed by atoms with van der Waals surface area (Å²) in [4.78, 5) is 28.0. The highest BCUT2D eigenvalue weighted by Crippen LogP contribution is 2.04. The molecule has 0 spiro atoms. The van der Waals surface area contributed by atoms with Crippen LogP contribution in [-0.2, 0) is 4.79 Å². The van der Waals surface area contributed by atoms with E-state index in [0.29, 0.717) is 19.6 Å². The van der Waals surface area contributed by atoms with E-state index >= 15 is 0 Å². The van der Waals surface area contributed by atoms with Crippen LogP contribution in [0.4, 0.5) is 4.79 Å². The summed E-state index contributed by atoms with van der Waals surface area (Å²) in [5, 5.41) is 12.2. The zero-order valence-electron chi connectivity index (χ0n) is 11.2. The van der Waals surface area contributed by atoms with Gasteiger partial charge in [0.05, 0.1) is 6.10 Å². The lowest BCUT2D eigenvalue weighted by Crippen LogP contribution is -2.43. The summed E-state index contributed by atoms with van der Waals surface area (Å²) >= 11 is 0. The van der Waals surface area contributed by atoms with Crippen LogP contribution in [0.3, 0.4) is 0 Å². The number of nitrogens with one attached hydrogen (secondary N) is 1. The maximum Gasteiger partial charge on any atom is 0.320 e. The van der Waals surface area contributed by atoms with E-state index in [0.717, 1.165) is 0 Å².